The molecular formula is C17H18N4O. The second-order valence-electron chi connectivity index (χ2n) is 5.18. The van der Waals surface area contributed by atoms with E-state index in [2.05, 4.69) is 17.1 Å². The molecule has 22 heavy (non-hydrogen) atoms. The molecule has 0 fully saturated rings. The maximum atomic E-state index is 12.7. The van der Waals surface area contributed by atoms with E-state index in [1.165, 1.54) is 9.36 Å². The lowest BCUT2D eigenvalue weighted by Crippen LogP contribution is -2.22. The van der Waals surface area contributed by atoms with E-state index in [0.29, 0.717) is 0 Å². The van der Waals surface area contributed by atoms with Gasteiger partial charge in [-0.3, -0.25) is 0 Å². The minimum Gasteiger partial charge on any atom is -0.244 e. The third kappa shape index (κ3) is 2.45. The standard InChI is InChI=1S/C17H18N4O/c1-3-8-15-13(2)16(14-9-5-4-6-10-14)21(19-15)17(22)20-12-7-11-18-20/h4-7,9-12H,3,8H2,1-2H3. The highest BCUT2D eigenvalue weighted by molar-refractivity contribution is 5.84. The Labute approximate surface area is 129 Å². The van der Waals surface area contributed by atoms with Crippen LogP contribution in [-0.4, -0.2) is 25.6 Å². The molecule has 1 aromatic carbocycles. The van der Waals surface area contributed by atoms with Crippen molar-refractivity contribution in [1.29, 1.82) is 0 Å². The van der Waals surface area contributed by atoms with Crippen molar-refractivity contribution in [2.24, 2.45) is 0 Å². The lowest BCUT2D eigenvalue weighted by atomic mass is 10.1. The van der Waals surface area contributed by atoms with E-state index < -0.39 is 0 Å². The van der Waals surface area contributed by atoms with E-state index in [9.17, 15) is 4.79 Å². The molecular weight excluding hydrogens is 276 g/mol. The molecule has 3 aromatic rings. The van der Waals surface area contributed by atoms with Gasteiger partial charge in [0.2, 0.25) is 0 Å². The number of aryl methyl sites for hydroxylation is 1. The van der Waals surface area contributed by atoms with Crippen molar-refractivity contribution in [3.8, 4) is 11.3 Å². The zero-order valence-electron chi connectivity index (χ0n) is 12.7. The highest BCUT2D eigenvalue weighted by Gasteiger charge is 2.21. The van der Waals surface area contributed by atoms with E-state index in [0.717, 1.165) is 35.4 Å². The lowest BCUT2D eigenvalue weighted by Gasteiger charge is -2.07. The summed E-state index contributed by atoms with van der Waals surface area (Å²) in [5.41, 5.74) is 3.83. The minimum atomic E-state index is -0.269. The predicted molar refractivity (Wildman–Crippen MR) is 84.8 cm³/mol. The molecule has 0 bridgehead atoms. The molecule has 5 nitrogen and oxygen atoms in total. The fraction of sp³-hybridized carbons (Fsp3) is 0.235. The van der Waals surface area contributed by atoms with Gasteiger partial charge in [-0.15, -0.1) is 0 Å². The summed E-state index contributed by atoms with van der Waals surface area (Å²) < 4.78 is 2.76. The SMILES string of the molecule is CCCc1nn(C(=O)n2cccn2)c(-c2ccccc2)c1C. The van der Waals surface area contributed by atoms with Crippen LogP contribution in [0, 0.1) is 6.92 Å². The zero-order valence-corrected chi connectivity index (χ0v) is 12.7. The Morgan fingerprint density at radius 2 is 1.95 bits per heavy atom. The summed E-state index contributed by atoms with van der Waals surface area (Å²) in [5.74, 6) is 0. The summed E-state index contributed by atoms with van der Waals surface area (Å²) in [6.45, 7) is 4.13. The number of carbonyl (C=O) groups is 1. The molecule has 2 heterocycles. The van der Waals surface area contributed by atoms with E-state index in [4.69, 9.17) is 0 Å². The van der Waals surface area contributed by atoms with Crippen molar-refractivity contribution in [3.05, 3.63) is 60.0 Å². The van der Waals surface area contributed by atoms with Crippen LogP contribution in [0.25, 0.3) is 11.3 Å². The molecule has 0 saturated carbocycles. The summed E-state index contributed by atoms with van der Waals surface area (Å²) in [5, 5.41) is 8.56. The number of benzene rings is 1. The van der Waals surface area contributed by atoms with Gasteiger partial charge in [0.15, 0.2) is 0 Å². The Bertz CT molecular complexity index is 773. The monoisotopic (exact) mass is 294 g/mol. The summed E-state index contributed by atoms with van der Waals surface area (Å²) in [4.78, 5) is 12.7. The minimum absolute atomic E-state index is 0.269. The molecule has 0 aliphatic carbocycles. The molecule has 0 radical (unpaired) electrons. The molecule has 0 amide bonds. The molecule has 112 valence electrons. The maximum absolute atomic E-state index is 12.7. The number of nitrogens with zero attached hydrogens (tertiary/aromatic N) is 4. The van der Waals surface area contributed by atoms with Gasteiger partial charge in [-0.25, -0.2) is 4.79 Å². The van der Waals surface area contributed by atoms with Gasteiger partial charge >= 0.3 is 6.03 Å². The van der Waals surface area contributed by atoms with Crippen LogP contribution in [0.5, 0.6) is 0 Å². The first kappa shape index (κ1) is 14.3. The molecule has 5 heteroatoms. The molecule has 0 aliphatic heterocycles. The second-order valence-corrected chi connectivity index (χ2v) is 5.18. The molecule has 0 atom stereocenters. The average molecular weight is 294 g/mol. The van der Waals surface area contributed by atoms with Crippen LogP contribution in [0.15, 0.2) is 48.8 Å². The Hall–Kier alpha value is -2.69. The van der Waals surface area contributed by atoms with Crippen molar-refractivity contribution in [2.75, 3.05) is 0 Å². The van der Waals surface area contributed by atoms with Crippen molar-refractivity contribution in [1.82, 2.24) is 19.6 Å². The third-order valence-corrected chi connectivity index (χ3v) is 3.64. The van der Waals surface area contributed by atoms with Gasteiger partial charge in [0.1, 0.15) is 0 Å². The fourth-order valence-electron chi connectivity index (χ4n) is 2.57. The van der Waals surface area contributed by atoms with E-state index in [1.54, 1.807) is 18.5 Å². The second kappa shape index (κ2) is 5.97. The number of aromatic nitrogens is 4. The van der Waals surface area contributed by atoms with Crippen LogP contribution in [0.3, 0.4) is 0 Å². The Morgan fingerprint density at radius 3 is 2.59 bits per heavy atom. The van der Waals surface area contributed by atoms with Gasteiger partial charge in [0, 0.05) is 18.0 Å². The van der Waals surface area contributed by atoms with Crippen molar-refractivity contribution in [2.45, 2.75) is 26.7 Å². The first-order chi connectivity index (χ1) is 10.7. The normalized spacial score (nSPS) is 10.8. The summed E-state index contributed by atoms with van der Waals surface area (Å²) in [6.07, 6.45) is 5.06. The van der Waals surface area contributed by atoms with E-state index in [1.807, 2.05) is 37.3 Å². The van der Waals surface area contributed by atoms with Gasteiger partial charge < -0.3 is 0 Å². The Morgan fingerprint density at radius 1 is 1.18 bits per heavy atom. The zero-order chi connectivity index (χ0) is 15.5. The van der Waals surface area contributed by atoms with Crippen LogP contribution in [-0.2, 0) is 6.42 Å². The van der Waals surface area contributed by atoms with Gasteiger partial charge in [0.25, 0.3) is 0 Å². The Balaban J connectivity index is 2.16. The van der Waals surface area contributed by atoms with Crippen molar-refractivity contribution in [3.63, 3.8) is 0 Å². The van der Waals surface area contributed by atoms with Crippen LogP contribution in [0.2, 0.25) is 0 Å². The summed E-state index contributed by atoms with van der Waals surface area (Å²) >= 11 is 0. The van der Waals surface area contributed by atoms with Gasteiger partial charge in [-0.2, -0.15) is 19.6 Å². The fourth-order valence-corrected chi connectivity index (χ4v) is 2.57. The van der Waals surface area contributed by atoms with E-state index in [-0.39, 0.29) is 6.03 Å². The predicted octanol–water partition coefficient (Wildman–Crippen LogP) is 3.52. The van der Waals surface area contributed by atoms with Crippen LogP contribution >= 0.6 is 0 Å². The Kier molecular flexibility index (Phi) is 3.87. The third-order valence-electron chi connectivity index (χ3n) is 3.64. The largest absolute Gasteiger partial charge is 0.369 e. The number of carbonyl (C=O) groups excluding carboxylic acids is 1. The van der Waals surface area contributed by atoms with Crippen LogP contribution in [0.1, 0.15) is 24.6 Å². The smallest absolute Gasteiger partial charge is 0.244 e. The topological polar surface area (TPSA) is 52.7 Å². The van der Waals surface area contributed by atoms with Crippen LogP contribution in [0.4, 0.5) is 4.79 Å². The number of hydrogen-bond acceptors (Lipinski definition) is 3. The van der Waals surface area contributed by atoms with Gasteiger partial charge in [0.05, 0.1) is 11.4 Å². The number of hydrogen-bond donors (Lipinski definition) is 0. The summed E-state index contributed by atoms with van der Waals surface area (Å²) in [7, 11) is 0. The maximum Gasteiger partial charge on any atom is 0.369 e. The first-order valence-corrected chi connectivity index (χ1v) is 7.40. The molecule has 0 saturated heterocycles. The molecule has 0 unspecified atom stereocenters. The molecule has 0 N–H and O–H groups in total. The van der Waals surface area contributed by atoms with Gasteiger partial charge in [-0.1, -0.05) is 43.7 Å². The lowest BCUT2D eigenvalue weighted by molar-refractivity contribution is 0.238. The van der Waals surface area contributed by atoms with E-state index >= 15 is 0 Å². The number of rotatable bonds is 3. The van der Waals surface area contributed by atoms with Crippen molar-refractivity contribution < 1.29 is 4.79 Å². The van der Waals surface area contributed by atoms with Crippen LogP contribution < -0.4 is 0 Å². The quantitative estimate of drug-likeness (QED) is 0.742. The average Bonchev–Trinajstić information content (AvgIpc) is 3.17. The molecule has 3 rings (SSSR count). The molecule has 2 aromatic heterocycles. The molecule has 0 aliphatic rings. The van der Waals surface area contributed by atoms with Crippen molar-refractivity contribution >= 4 is 6.03 Å². The highest BCUT2D eigenvalue weighted by atomic mass is 16.2. The van der Waals surface area contributed by atoms with Gasteiger partial charge in [-0.05, 0) is 25.0 Å². The highest BCUT2D eigenvalue weighted by Crippen LogP contribution is 2.26. The molecule has 0 spiro atoms. The summed E-state index contributed by atoms with van der Waals surface area (Å²) in [6, 6.07) is 11.3. The first-order valence-electron chi connectivity index (χ1n) is 7.40.